The van der Waals surface area contributed by atoms with Crippen molar-refractivity contribution in [2.45, 2.75) is 12.8 Å². The van der Waals surface area contributed by atoms with E-state index in [0.29, 0.717) is 0 Å². The molecule has 0 unspecified atom stereocenters. The minimum absolute atomic E-state index is 0.748. The lowest BCUT2D eigenvalue weighted by Gasteiger charge is -2.00. The molecule has 0 bridgehead atoms. The minimum atomic E-state index is 0.748. The lowest BCUT2D eigenvalue weighted by atomic mass is 10.3. The number of rotatable bonds is 6. The quantitative estimate of drug-likeness (QED) is 0.624. The normalized spacial score (nSPS) is 10.6. The maximum absolute atomic E-state index is 5.56. The van der Waals surface area contributed by atoms with E-state index in [1.807, 2.05) is 0 Å². The van der Waals surface area contributed by atoms with Gasteiger partial charge in [0.2, 0.25) is 0 Å². The highest BCUT2D eigenvalue weighted by atomic mass is 79.9. The summed E-state index contributed by atoms with van der Waals surface area (Å²) in [4.78, 5) is 1.42. The van der Waals surface area contributed by atoms with Crippen molar-refractivity contribution in [3.63, 3.8) is 0 Å². The first kappa shape index (κ1) is 11.5. The lowest BCUT2D eigenvalue weighted by Crippen LogP contribution is -2.18. The van der Waals surface area contributed by atoms with Crippen LogP contribution < -0.4 is 5.32 Å². The Labute approximate surface area is 96.6 Å². The van der Waals surface area contributed by atoms with E-state index in [1.54, 1.807) is 11.3 Å². The topological polar surface area (TPSA) is 12.0 Å². The second kappa shape index (κ2) is 6.82. The summed E-state index contributed by atoms with van der Waals surface area (Å²) in [7, 11) is 0. The third-order valence-corrected chi connectivity index (χ3v) is 3.68. The highest BCUT2D eigenvalue weighted by Gasteiger charge is 1.96. The second-order valence-electron chi connectivity index (χ2n) is 2.77. The molecule has 1 rings (SSSR count). The minimum Gasteiger partial charge on any atom is -0.316 e. The first-order chi connectivity index (χ1) is 6.33. The van der Waals surface area contributed by atoms with Gasteiger partial charge in [-0.15, -0.1) is 22.9 Å². The standard InChI is InChI=1S/C9H13BrClNS/c10-8-6-9(13-7-8)2-5-12-4-1-3-11/h6-7,12H,1-5H2. The first-order valence-electron chi connectivity index (χ1n) is 4.32. The van der Waals surface area contributed by atoms with Crippen LogP contribution in [0.4, 0.5) is 0 Å². The molecule has 1 aromatic heterocycles. The number of alkyl halides is 1. The Kier molecular flexibility index (Phi) is 6.04. The molecule has 0 aliphatic rings. The summed E-state index contributed by atoms with van der Waals surface area (Å²) in [6, 6.07) is 2.17. The van der Waals surface area contributed by atoms with Crippen LogP contribution in [0.3, 0.4) is 0 Å². The molecule has 0 aliphatic carbocycles. The number of halogens is 2. The van der Waals surface area contributed by atoms with Crippen LogP contribution in [0.1, 0.15) is 11.3 Å². The Balaban J connectivity index is 2.06. The molecule has 0 spiro atoms. The van der Waals surface area contributed by atoms with E-state index >= 15 is 0 Å². The van der Waals surface area contributed by atoms with E-state index < -0.39 is 0 Å². The molecule has 0 radical (unpaired) electrons. The van der Waals surface area contributed by atoms with Crippen LogP contribution in [0.15, 0.2) is 15.9 Å². The maximum atomic E-state index is 5.56. The molecule has 0 saturated heterocycles. The smallest absolute Gasteiger partial charge is 0.0285 e. The van der Waals surface area contributed by atoms with E-state index in [2.05, 4.69) is 32.7 Å². The van der Waals surface area contributed by atoms with Gasteiger partial charge in [-0.25, -0.2) is 0 Å². The van der Waals surface area contributed by atoms with Crippen molar-refractivity contribution in [3.8, 4) is 0 Å². The zero-order chi connectivity index (χ0) is 9.52. The highest BCUT2D eigenvalue weighted by molar-refractivity contribution is 9.10. The van der Waals surface area contributed by atoms with Crippen molar-refractivity contribution in [2.75, 3.05) is 19.0 Å². The van der Waals surface area contributed by atoms with Crippen molar-refractivity contribution in [1.82, 2.24) is 5.32 Å². The van der Waals surface area contributed by atoms with Crippen molar-refractivity contribution >= 4 is 38.9 Å². The SMILES string of the molecule is ClCCCNCCc1cc(Br)cs1. The van der Waals surface area contributed by atoms with Crippen molar-refractivity contribution < 1.29 is 0 Å². The van der Waals surface area contributed by atoms with Gasteiger partial charge in [-0.1, -0.05) is 0 Å². The van der Waals surface area contributed by atoms with Crippen LogP contribution in [-0.4, -0.2) is 19.0 Å². The average molecular weight is 283 g/mol. The van der Waals surface area contributed by atoms with Crippen LogP contribution in [-0.2, 0) is 6.42 Å². The third kappa shape index (κ3) is 5.01. The predicted molar refractivity (Wildman–Crippen MR) is 63.9 cm³/mol. The van der Waals surface area contributed by atoms with Gasteiger partial charge in [-0.2, -0.15) is 0 Å². The summed E-state index contributed by atoms with van der Waals surface area (Å²) in [5, 5.41) is 5.47. The molecule has 1 nitrogen and oxygen atoms in total. The monoisotopic (exact) mass is 281 g/mol. The molecule has 4 heteroatoms. The molecule has 0 aliphatic heterocycles. The Bertz CT molecular complexity index is 239. The van der Waals surface area contributed by atoms with E-state index in [9.17, 15) is 0 Å². The van der Waals surface area contributed by atoms with E-state index in [0.717, 1.165) is 31.8 Å². The molecule has 1 N–H and O–H groups in total. The van der Waals surface area contributed by atoms with Crippen LogP contribution >= 0.6 is 38.9 Å². The molecular weight excluding hydrogens is 270 g/mol. The van der Waals surface area contributed by atoms with Crippen molar-refractivity contribution in [1.29, 1.82) is 0 Å². The Morgan fingerprint density at radius 3 is 2.92 bits per heavy atom. The summed E-state index contributed by atoms with van der Waals surface area (Å²) in [5.74, 6) is 0.748. The third-order valence-electron chi connectivity index (χ3n) is 1.66. The van der Waals surface area contributed by atoms with E-state index in [1.165, 1.54) is 9.35 Å². The molecule has 0 fully saturated rings. The van der Waals surface area contributed by atoms with Gasteiger partial charge in [0.1, 0.15) is 0 Å². The molecule has 74 valence electrons. The van der Waals surface area contributed by atoms with Gasteiger partial charge in [-0.05, 0) is 47.9 Å². The number of hydrogen-bond donors (Lipinski definition) is 1. The first-order valence-corrected chi connectivity index (χ1v) is 6.53. The summed E-state index contributed by atoms with van der Waals surface area (Å²) in [5.41, 5.74) is 0. The molecule has 0 atom stereocenters. The van der Waals surface area contributed by atoms with Crippen molar-refractivity contribution in [2.24, 2.45) is 0 Å². The Morgan fingerprint density at radius 1 is 1.46 bits per heavy atom. The molecule has 0 aromatic carbocycles. The van der Waals surface area contributed by atoms with Gasteiger partial charge in [0.05, 0.1) is 0 Å². The van der Waals surface area contributed by atoms with Gasteiger partial charge < -0.3 is 5.32 Å². The Morgan fingerprint density at radius 2 is 2.31 bits per heavy atom. The van der Waals surface area contributed by atoms with Gasteiger partial charge in [-0.3, -0.25) is 0 Å². The van der Waals surface area contributed by atoms with E-state index in [-0.39, 0.29) is 0 Å². The average Bonchev–Trinajstić information content (AvgIpc) is 2.51. The highest BCUT2D eigenvalue weighted by Crippen LogP contribution is 2.19. The van der Waals surface area contributed by atoms with Gasteiger partial charge in [0.15, 0.2) is 0 Å². The second-order valence-corrected chi connectivity index (χ2v) is 5.06. The zero-order valence-corrected chi connectivity index (χ0v) is 10.5. The van der Waals surface area contributed by atoms with Crippen LogP contribution in [0.5, 0.6) is 0 Å². The number of nitrogens with one attached hydrogen (secondary N) is 1. The molecule has 0 saturated carbocycles. The summed E-state index contributed by atoms with van der Waals surface area (Å²) in [6.45, 7) is 2.07. The fourth-order valence-corrected chi connectivity index (χ4v) is 2.60. The molecular formula is C9H13BrClNS. The van der Waals surface area contributed by atoms with Gasteiger partial charge in [0, 0.05) is 20.6 Å². The number of hydrogen-bond acceptors (Lipinski definition) is 2. The van der Waals surface area contributed by atoms with Crippen LogP contribution in [0.2, 0.25) is 0 Å². The molecule has 13 heavy (non-hydrogen) atoms. The fourth-order valence-electron chi connectivity index (χ4n) is 1.01. The molecule has 1 heterocycles. The van der Waals surface area contributed by atoms with Gasteiger partial charge >= 0.3 is 0 Å². The molecule has 0 amide bonds. The summed E-state index contributed by atoms with van der Waals surface area (Å²) < 4.78 is 1.19. The van der Waals surface area contributed by atoms with Crippen LogP contribution in [0, 0.1) is 0 Å². The lowest BCUT2D eigenvalue weighted by molar-refractivity contribution is 0.676. The largest absolute Gasteiger partial charge is 0.316 e. The summed E-state index contributed by atoms with van der Waals surface area (Å²) in [6.07, 6.45) is 2.16. The Hall–Kier alpha value is 0.430. The molecule has 1 aromatic rings. The zero-order valence-electron chi connectivity index (χ0n) is 7.35. The van der Waals surface area contributed by atoms with E-state index in [4.69, 9.17) is 11.6 Å². The van der Waals surface area contributed by atoms with Crippen LogP contribution in [0.25, 0.3) is 0 Å². The number of thiophene rings is 1. The maximum Gasteiger partial charge on any atom is 0.0285 e. The summed E-state index contributed by atoms with van der Waals surface area (Å²) >= 11 is 10.8. The fraction of sp³-hybridized carbons (Fsp3) is 0.556. The van der Waals surface area contributed by atoms with Gasteiger partial charge in [0.25, 0.3) is 0 Å². The predicted octanol–water partition coefficient (Wildman–Crippen LogP) is 3.27. The van der Waals surface area contributed by atoms with Crippen molar-refractivity contribution in [3.05, 3.63) is 20.8 Å².